The zero-order valence-electron chi connectivity index (χ0n) is 13.8. The highest BCUT2D eigenvalue weighted by Crippen LogP contribution is 2.34. The molecule has 1 aliphatic heterocycles. The third-order valence-corrected chi connectivity index (χ3v) is 5.38. The molecule has 1 aromatic heterocycles. The Hall–Kier alpha value is -0.650. The first-order chi connectivity index (χ1) is 10.2. The summed E-state index contributed by atoms with van der Waals surface area (Å²) in [5, 5.41) is 4.64. The van der Waals surface area contributed by atoms with Gasteiger partial charge in [-0.2, -0.15) is 0 Å². The highest BCUT2D eigenvalue weighted by Gasteiger charge is 2.26. The molecule has 5 heteroatoms. The number of rotatable bonds is 7. The average molecular weight is 311 g/mol. The van der Waals surface area contributed by atoms with Crippen LogP contribution >= 0.6 is 11.3 Å². The fraction of sp³-hybridized carbons (Fsp3) is 0.812. The molecule has 2 heterocycles. The highest BCUT2D eigenvalue weighted by molar-refractivity contribution is 7.15. The fourth-order valence-corrected chi connectivity index (χ4v) is 3.91. The van der Waals surface area contributed by atoms with E-state index >= 15 is 0 Å². The minimum atomic E-state index is 0.474. The van der Waals surface area contributed by atoms with E-state index in [-0.39, 0.29) is 0 Å². The van der Waals surface area contributed by atoms with Crippen molar-refractivity contribution in [3.63, 3.8) is 0 Å². The molecule has 0 radical (unpaired) electrons. The molecule has 0 aliphatic carbocycles. The van der Waals surface area contributed by atoms with Gasteiger partial charge in [-0.05, 0) is 25.3 Å². The van der Waals surface area contributed by atoms with E-state index in [2.05, 4.69) is 37.9 Å². The molecule has 1 aliphatic rings. The van der Waals surface area contributed by atoms with Crippen LogP contribution in [0.15, 0.2) is 0 Å². The van der Waals surface area contributed by atoms with Gasteiger partial charge in [0, 0.05) is 18.0 Å². The molecule has 0 amide bonds. The van der Waals surface area contributed by atoms with Gasteiger partial charge in [-0.25, -0.2) is 4.98 Å². The van der Waals surface area contributed by atoms with Crippen LogP contribution in [0.1, 0.15) is 57.0 Å². The van der Waals surface area contributed by atoms with E-state index in [0.717, 1.165) is 45.7 Å². The van der Waals surface area contributed by atoms with Crippen LogP contribution in [-0.4, -0.2) is 37.3 Å². The molecular formula is C16H29N3OS. The SMILES string of the molecule is CCNCc1sc(N2CCOCC2CC)nc1C(C)CC. The maximum atomic E-state index is 5.62. The number of ether oxygens (including phenoxy) is 1. The molecule has 21 heavy (non-hydrogen) atoms. The Kier molecular flexibility index (Phi) is 6.45. The third kappa shape index (κ3) is 3.96. The zero-order valence-corrected chi connectivity index (χ0v) is 14.6. The van der Waals surface area contributed by atoms with Crippen LogP contribution in [0.2, 0.25) is 0 Å². The van der Waals surface area contributed by atoms with Gasteiger partial charge in [-0.3, -0.25) is 0 Å². The number of hydrogen-bond acceptors (Lipinski definition) is 5. The lowest BCUT2D eigenvalue weighted by molar-refractivity contribution is 0.0929. The van der Waals surface area contributed by atoms with Crippen LogP contribution in [0.5, 0.6) is 0 Å². The number of anilines is 1. The summed E-state index contributed by atoms with van der Waals surface area (Å²) in [6.45, 7) is 13.5. The second-order valence-electron chi connectivity index (χ2n) is 5.72. The van der Waals surface area contributed by atoms with Gasteiger partial charge in [0.05, 0.1) is 24.9 Å². The van der Waals surface area contributed by atoms with Crippen molar-refractivity contribution >= 4 is 16.5 Å². The number of nitrogens with one attached hydrogen (secondary N) is 1. The monoisotopic (exact) mass is 311 g/mol. The Morgan fingerprint density at radius 1 is 1.43 bits per heavy atom. The molecule has 0 spiro atoms. The number of nitrogens with zero attached hydrogens (tertiary/aromatic N) is 2. The van der Waals surface area contributed by atoms with Crippen LogP contribution in [0.3, 0.4) is 0 Å². The van der Waals surface area contributed by atoms with Crippen molar-refractivity contribution in [3.8, 4) is 0 Å². The Morgan fingerprint density at radius 2 is 2.24 bits per heavy atom. The molecule has 0 saturated carbocycles. The van der Waals surface area contributed by atoms with E-state index in [9.17, 15) is 0 Å². The predicted octanol–water partition coefficient (Wildman–Crippen LogP) is 3.38. The Morgan fingerprint density at radius 3 is 2.90 bits per heavy atom. The number of thiazole rings is 1. The van der Waals surface area contributed by atoms with E-state index in [1.165, 1.54) is 15.7 Å². The summed E-state index contributed by atoms with van der Waals surface area (Å²) in [7, 11) is 0. The first kappa shape index (κ1) is 16.7. The third-order valence-electron chi connectivity index (χ3n) is 4.28. The number of morpholine rings is 1. The first-order valence-corrected chi connectivity index (χ1v) is 9.07. The molecule has 1 saturated heterocycles. The van der Waals surface area contributed by atoms with Gasteiger partial charge in [-0.1, -0.05) is 27.7 Å². The summed E-state index contributed by atoms with van der Waals surface area (Å²) in [6, 6.07) is 0.474. The smallest absolute Gasteiger partial charge is 0.186 e. The number of hydrogen-bond donors (Lipinski definition) is 1. The van der Waals surface area contributed by atoms with E-state index < -0.39 is 0 Å². The second kappa shape index (κ2) is 8.11. The van der Waals surface area contributed by atoms with Crippen LogP contribution in [-0.2, 0) is 11.3 Å². The quantitative estimate of drug-likeness (QED) is 0.837. The molecule has 2 unspecified atom stereocenters. The van der Waals surface area contributed by atoms with Crippen molar-refractivity contribution in [1.29, 1.82) is 0 Å². The van der Waals surface area contributed by atoms with Gasteiger partial charge < -0.3 is 15.0 Å². The van der Waals surface area contributed by atoms with Crippen molar-refractivity contribution < 1.29 is 4.74 Å². The van der Waals surface area contributed by atoms with E-state index in [0.29, 0.717) is 12.0 Å². The van der Waals surface area contributed by atoms with Crippen LogP contribution in [0.4, 0.5) is 5.13 Å². The minimum Gasteiger partial charge on any atom is -0.377 e. The van der Waals surface area contributed by atoms with E-state index in [4.69, 9.17) is 9.72 Å². The summed E-state index contributed by atoms with van der Waals surface area (Å²) < 4.78 is 5.62. The molecular weight excluding hydrogens is 282 g/mol. The van der Waals surface area contributed by atoms with Crippen molar-refractivity contribution in [3.05, 3.63) is 10.6 Å². The van der Waals surface area contributed by atoms with Crippen molar-refractivity contribution in [2.24, 2.45) is 0 Å². The summed E-state index contributed by atoms with van der Waals surface area (Å²) in [5.74, 6) is 0.532. The lowest BCUT2D eigenvalue weighted by atomic mass is 10.0. The van der Waals surface area contributed by atoms with Crippen LogP contribution in [0.25, 0.3) is 0 Å². The topological polar surface area (TPSA) is 37.4 Å². The Bertz CT molecular complexity index is 435. The van der Waals surface area contributed by atoms with Gasteiger partial charge in [0.2, 0.25) is 0 Å². The summed E-state index contributed by atoms with van der Waals surface area (Å²) in [6.07, 6.45) is 2.25. The standard InChI is InChI=1S/C16H29N3OS/c1-5-12(4)15-14(10-17-7-3)21-16(18-15)19-8-9-20-11-13(19)6-2/h12-13,17H,5-11H2,1-4H3. The predicted molar refractivity (Wildman–Crippen MR) is 90.4 cm³/mol. The molecule has 1 aromatic rings. The lowest BCUT2D eigenvalue weighted by Gasteiger charge is -2.34. The van der Waals surface area contributed by atoms with Crippen LogP contribution in [0, 0.1) is 0 Å². The molecule has 1 N–H and O–H groups in total. The van der Waals surface area contributed by atoms with Gasteiger partial charge >= 0.3 is 0 Å². The normalized spacial score (nSPS) is 20.8. The maximum absolute atomic E-state index is 5.62. The molecule has 120 valence electrons. The van der Waals surface area contributed by atoms with Crippen molar-refractivity contribution in [2.75, 3.05) is 31.2 Å². The first-order valence-electron chi connectivity index (χ1n) is 8.25. The Balaban J connectivity index is 2.24. The molecule has 4 nitrogen and oxygen atoms in total. The van der Waals surface area contributed by atoms with Crippen LogP contribution < -0.4 is 10.2 Å². The summed E-state index contributed by atoms with van der Waals surface area (Å²) in [4.78, 5) is 8.86. The summed E-state index contributed by atoms with van der Waals surface area (Å²) in [5.41, 5.74) is 1.29. The largest absolute Gasteiger partial charge is 0.377 e. The van der Waals surface area contributed by atoms with Crippen molar-refractivity contribution in [1.82, 2.24) is 10.3 Å². The average Bonchev–Trinajstić information content (AvgIpc) is 2.96. The minimum absolute atomic E-state index is 0.474. The highest BCUT2D eigenvalue weighted by atomic mass is 32.1. The second-order valence-corrected chi connectivity index (χ2v) is 6.79. The van der Waals surface area contributed by atoms with E-state index in [1.807, 2.05) is 11.3 Å². The van der Waals surface area contributed by atoms with Gasteiger partial charge in [-0.15, -0.1) is 11.3 Å². The molecule has 2 rings (SSSR count). The molecule has 0 bridgehead atoms. The maximum Gasteiger partial charge on any atom is 0.186 e. The van der Waals surface area contributed by atoms with Crippen molar-refractivity contribution in [2.45, 2.75) is 59.0 Å². The van der Waals surface area contributed by atoms with Gasteiger partial charge in [0.25, 0.3) is 0 Å². The fourth-order valence-electron chi connectivity index (χ4n) is 2.66. The lowest BCUT2D eigenvalue weighted by Crippen LogP contribution is -2.45. The van der Waals surface area contributed by atoms with E-state index in [1.54, 1.807) is 0 Å². The Labute approximate surface area is 132 Å². The molecule has 2 atom stereocenters. The molecule has 1 fully saturated rings. The molecule has 0 aromatic carbocycles. The van der Waals surface area contributed by atoms with Gasteiger partial charge in [0.1, 0.15) is 0 Å². The summed E-state index contributed by atoms with van der Waals surface area (Å²) >= 11 is 1.87. The zero-order chi connectivity index (χ0) is 15.2. The van der Waals surface area contributed by atoms with Gasteiger partial charge in [0.15, 0.2) is 5.13 Å². The number of aromatic nitrogens is 1.